The summed E-state index contributed by atoms with van der Waals surface area (Å²) in [6, 6.07) is 16.9. The monoisotopic (exact) mass is 222 g/mol. The average Bonchev–Trinajstić information content (AvgIpc) is 2.30. The first-order chi connectivity index (χ1) is 7.79. The molecule has 2 aromatic rings. The summed E-state index contributed by atoms with van der Waals surface area (Å²) in [5.41, 5.74) is 4.86. The molecule has 0 heterocycles. The van der Waals surface area contributed by atoms with Crippen LogP contribution in [-0.2, 0) is 0 Å². The van der Waals surface area contributed by atoms with Crippen LogP contribution >= 0.6 is 0 Å². The van der Waals surface area contributed by atoms with E-state index in [-0.39, 0.29) is 7.43 Å². The highest BCUT2D eigenvalue weighted by Gasteiger charge is 1.96. The Balaban J connectivity index is 0.00000144. The minimum Gasteiger partial charge on any atom is -0.101 e. The Morgan fingerprint density at radius 1 is 0.882 bits per heavy atom. The van der Waals surface area contributed by atoms with Crippen LogP contribution in [-0.4, -0.2) is 0 Å². The Labute approximate surface area is 104 Å². The van der Waals surface area contributed by atoms with Crippen molar-refractivity contribution in [1.29, 1.82) is 0 Å². The fraction of sp³-hybridized carbons (Fsp3) is 0.176. The van der Waals surface area contributed by atoms with Crippen LogP contribution in [0.1, 0.15) is 25.5 Å². The van der Waals surface area contributed by atoms with Crippen LogP contribution in [0.15, 0.2) is 48.5 Å². The number of benzene rings is 2. The Bertz CT molecular complexity index is 536. The van der Waals surface area contributed by atoms with Gasteiger partial charge in [-0.3, -0.25) is 0 Å². The normalized spacial score (nSPS) is 8.82. The van der Waals surface area contributed by atoms with Crippen molar-refractivity contribution in [3.05, 3.63) is 59.7 Å². The molecule has 0 heteroatoms. The Kier molecular flexibility index (Phi) is 4.55. The lowest BCUT2D eigenvalue weighted by molar-refractivity contribution is 1.46. The molecule has 0 amide bonds. The summed E-state index contributed by atoms with van der Waals surface area (Å²) >= 11 is 0. The van der Waals surface area contributed by atoms with E-state index in [0.717, 1.165) is 5.56 Å². The van der Waals surface area contributed by atoms with Crippen molar-refractivity contribution in [2.24, 2.45) is 0 Å². The summed E-state index contributed by atoms with van der Waals surface area (Å²) in [6.07, 6.45) is 0. The second-order valence-corrected chi connectivity index (χ2v) is 3.82. The molecule has 0 saturated heterocycles. The second-order valence-electron chi connectivity index (χ2n) is 3.82. The number of aryl methyl sites for hydroxylation is 1. The average molecular weight is 222 g/mol. The zero-order valence-corrected chi connectivity index (χ0v) is 9.62. The summed E-state index contributed by atoms with van der Waals surface area (Å²) in [5, 5.41) is 0. The fourth-order valence-corrected chi connectivity index (χ4v) is 1.71. The summed E-state index contributed by atoms with van der Waals surface area (Å²) in [6.45, 7) is 3.97. The van der Waals surface area contributed by atoms with Crippen molar-refractivity contribution in [2.75, 3.05) is 0 Å². The van der Waals surface area contributed by atoms with Crippen LogP contribution in [0.25, 0.3) is 11.1 Å². The van der Waals surface area contributed by atoms with Gasteiger partial charge in [-0.1, -0.05) is 55.3 Å². The maximum absolute atomic E-state index is 3.05. The first kappa shape index (κ1) is 13.1. The van der Waals surface area contributed by atoms with E-state index < -0.39 is 0 Å². The van der Waals surface area contributed by atoms with Gasteiger partial charge in [0, 0.05) is 5.56 Å². The maximum atomic E-state index is 3.05. The van der Waals surface area contributed by atoms with Gasteiger partial charge >= 0.3 is 0 Å². The highest BCUT2D eigenvalue weighted by Crippen LogP contribution is 2.20. The van der Waals surface area contributed by atoms with Crippen LogP contribution in [0.4, 0.5) is 0 Å². The molecule has 0 atom stereocenters. The van der Waals surface area contributed by atoms with E-state index >= 15 is 0 Å². The van der Waals surface area contributed by atoms with E-state index in [4.69, 9.17) is 0 Å². The van der Waals surface area contributed by atoms with E-state index in [1.54, 1.807) is 0 Å². The van der Waals surface area contributed by atoms with Gasteiger partial charge in [-0.15, -0.1) is 5.92 Å². The predicted molar refractivity (Wildman–Crippen MR) is 75.9 cm³/mol. The first-order valence-electron chi connectivity index (χ1n) is 5.39. The zero-order chi connectivity index (χ0) is 11.4. The maximum Gasteiger partial charge on any atom is 0.0245 e. The third-order valence-electron chi connectivity index (χ3n) is 2.51. The van der Waals surface area contributed by atoms with Crippen molar-refractivity contribution in [1.82, 2.24) is 0 Å². The lowest BCUT2D eigenvalue weighted by Gasteiger charge is -2.02. The third-order valence-corrected chi connectivity index (χ3v) is 2.51. The van der Waals surface area contributed by atoms with Crippen molar-refractivity contribution >= 4 is 0 Å². The quantitative estimate of drug-likeness (QED) is 0.615. The molecule has 0 unspecified atom stereocenters. The molecule has 0 aliphatic rings. The van der Waals surface area contributed by atoms with E-state index in [2.05, 4.69) is 67.3 Å². The summed E-state index contributed by atoms with van der Waals surface area (Å²) in [5.74, 6) is 5.95. The SMILES string of the molecule is C.CC#Cc1ccc(-c2cccc(C)c2)cc1. The molecular formula is C17H18. The van der Waals surface area contributed by atoms with Gasteiger partial charge in [0.05, 0.1) is 0 Å². The molecule has 2 rings (SSSR count). The molecule has 0 fully saturated rings. The molecule has 2 aromatic carbocycles. The van der Waals surface area contributed by atoms with Gasteiger partial charge in [0.15, 0.2) is 0 Å². The molecular weight excluding hydrogens is 204 g/mol. The first-order valence-corrected chi connectivity index (χ1v) is 5.39. The molecule has 0 nitrogen and oxygen atoms in total. The minimum atomic E-state index is 0. The number of hydrogen-bond acceptors (Lipinski definition) is 0. The molecule has 0 saturated carbocycles. The molecule has 0 aliphatic heterocycles. The fourth-order valence-electron chi connectivity index (χ4n) is 1.71. The van der Waals surface area contributed by atoms with E-state index in [1.807, 2.05) is 6.92 Å². The number of rotatable bonds is 1. The van der Waals surface area contributed by atoms with Gasteiger partial charge in [-0.25, -0.2) is 0 Å². The van der Waals surface area contributed by atoms with Gasteiger partial charge in [0.2, 0.25) is 0 Å². The van der Waals surface area contributed by atoms with Gasteiger partial charge < -0.3 is 0 Å². The summed E-state index contributed by atoms with van der Waals surface area (Å²) in [4.78, 5) is 0. The van der Waals surface area contributed by atoms with E-state index in [9.17, 15) is 0 Å². The molecule has 0 aliphatic carbocycles. The molecule has 0 N–H and O–H groups in total. The Hall–Kier alpha value is -2.00. The smallest absolute Gasteiger partial charge is 0.0245 e. The Morgan fingerprint density at radius 2 is 1.59 bits per heavy atom. The highest BCUT2D eigenvalue weighted by atomic mass is 14.0. The second kappa shape index (κ2) is 5.92. The van der Waals surface area contributed by atoms with Crippen LogP contribution in [0.3, 0.4) is 0 Å². The van der Waals surface area contributed by atoms with Gasteiger partial charge in [0.1, 0.15) is 0 Å². The Morgan fingerprint density at radius 3 is 2.18 bits per heavy atom. The van der Waals surface area contributed by atoms with Crippen LogP contribution < -0.4 is 0 Å². The zero-order valence-electron chi connectivity index (χ0n) is 9.62. The largest absolute Gasteiger partial charge is 0.101 e. The van der Waals surface area contributed by atoms with E-state index in [0.29, 0.717) is 0 Å². The van der Waals surface area contributed by atoms with Crippen LogP contribution in [0.5, 0.6) is 0 Å². The van der Waals surface area contributed by atoms with Crippen molar-refractivity contribution in [3.8, 4) is 23.0 Å². The van der Waals surface area contributed by atoms with Crippen molar-refractivity contribution < 1.29 is 0 Å². The molecule has 17 heavy (non-hydrogen) atoms. The predicted octanol–water partition coefficient (Wildman–Crippen LogP) is 4.67. The standard InChI is InChI=1S/C16H14.CH4/c1-3-5-14-8-10-15(11-9-14)16-7-4-6-13(2)12-16;/h4,6-12H,1-2H3;1H4. The van der Waals surface area contributed by atoms with Gasteiger partial charge in [0.25, 0.3) is 0 Å². The molecule has 86 valence electrons. The van der Waals surface area contributed by atoms with Gasteiger partial charge in [-0.05, 0) is 37.1 Å². The van der Waals surface area contributed by atoms with Crippen LogP contribution in [0, 0.1) is 18.8 Å². The summed E-state index contributed by atoms with van der Waals surface area (Å²) in [7, 11) is 0. The van der Waals surface area contributed by atoms with E-state index in [1.165, 1.54) is 16.7 Å². The van der Waals surface area contributed by atoms with Crippen LogP contribution in [0.2, 0.25) is 0 Å². The number of hydrogen-bond donors (Lipinski definition) is 0. The third kappa shape index (κ3) is 3.23. The minimum absolute atomic E-state index is 0. The summed E-state index contributed by atoms with van der Waals surface area (Å²) < 4.78 is 0. The lowest BCUT2D eigenvalue weighted by atomic mass is 10.0. The van der Waals surface area contributed by atoms with Gasteiger partial charge in [-0.2, -0.15) is 0 Å². The molecule has 0 bridgehead atoms. The highest BCUT2D eigenvalue weighted by molar-refractivity contribution is 5.65. The lowest BCUT2D eigenvalue weighted by Crippen LogP contribution is -1.80. The van der Waals surface area contributed by atoms with Crippen molar-refractivity contribution in [2.45, 2.75) is 21.3 Å². The topological polar surface area (TPSA) is 0 Å². The molecule has 0 radical (unpaired) electrons. The molecule has 0 aromatic heterocycles. The van der Waals surface area contributed by atoms with Crippen molar-refractivity contribution in [3.63, 3.8) is 0 Å². The molecule has 0 spiro atoms.